The van der Waals surface area contributed by atoms with Crippen LogP contribution in [-0.2, 0) is 26.9 Å². The summed E-state index contributed by atoms with van der Waals surface area (Å²) in [5.41, 5.74) is 3.63. The standard InChI is InChI=1S/C23H22N2O4S2/c1-16-10-11-20-22(17(16)2)24-23(30-20)25(13-19-9-6-12-29-19)21(26)15-31(27,28)14-18-7-4-3-5-8-18/h3-12H,13-15H2,1-2H3. The number of benzene rings is 2. The van der Waals surface area contributed by atoms with Gasteiger partial charge in [0.05, 0.1) is 28.8 Å². The molecule has 0 fully saturated rings. The molecule has 0 radical (unpaired) electrons. The summed E-state index contributed by atoms with van der Waals surface area (Å²) >= 11 is 1.37. The zero-order chi connectivity index (χ0) is 22.0. The average Bonchev–Trinajstić information content (AvgIpc) is 3.39. The predicted octanol–water partition coefficient (Wildman–Crippen LogP) is 4.65. The Morgan fingerprint density at radius 2 is 1.84 bits per heavy atom. The van der Waals surface area contributed by atoms with Crippen molar-refractivity contribution in [1.29, 1.82) is 0 Å². The van der Waals surface area contributed by atoms with Gasteiger partial charge in [0.2, 0.25) is 5.91 Å². The van der Waals surface area contributed by atoms with Crippen LogP contribution in [0.25, 0.3) is 10.2 Å². The molecule has 2 heterocycles. The molecule has 2 aromatic heterocycles. The van der Waals surface area contributed by atoms with Crippen LogP contribution in [0.2, 0.25) is 0 Å². The van der Waals surface area contributed by atoms with Crippen LogP contribution in [0.5, 0.6) is 0 Å². The quantitative estimate of drug-likeness (QED) is 0.406. The highest BCUT2D eigenvalue weighted by atomic mass is 32.2. The van der Waals surface area contributed by atoms with Crippen molar-refractivity contribution in [2.75, 3.05) is 10.7 Å². The summed E-state index contributed by atoms with van der Waals surface area (Å²) in [7, 11) is -3.66. The smallest absolute Gasteiger partial charge is 0.244 e. The Bertz CT molecular complexity index is 1310. The van der Waals surface area contributed by atoms with Crippen LogP contribution in [0.4, 0.5) is 5.13 Å². The summed E-state index contributed by atoms with van der Waals surface area (Å²) in [6.45, 7) is 4.12. The molecule has 0 bridgehead atoms. The molecule has 4 rings (SSSR count). The summed E-state index contributed by atoms with van der Waals surface area (Å²) in [6, 6.07) is 16.3. The van der Waals surface area contributed by atoms with E-state index >= 15 is 0 Å². The Morgan fingerprint density at radius 3 is 2.55 bits per heavy atom. The number of sulfone groups is 1. The summed E-state index contributed by atoms with van der Waals surface area (Å²) < 4.78 is 31.8. The molecule has 0 atom stereocenters. The van der Waals surface area contributed by atoms with Crippen LogP contribution in [-0.4, -0.2) is 25.1 Å². The fourth-order valence-corrected chi connectivity index (χ4v) is 5.67. The second-order valence-corrected chi connectivity index (χ2v) is 10.5. The second-order valence-electron chi connectivity index (χ2n) is 7.43. The predicted molar refractivity (Wildman–Crippen MR) is 123 cm³/mol. The number of rotatable bonds is 7. The van der Waals surface area contributed by atoms with E-state index in [0.29, 0.717) is 16.5 Å². The molecule has 4 aromatic rings. The number of carbonyl (C=O) groups excluding carboxylic acids is 1. The van der Waals surface area contributed by atoms with Crippen molar-refractivity contribution in [1.82, 2.24) is 4.98 Å². The first-order chi connectivity index (χ1) is 14.8. The summed E-state index contributed by atoms with van der Waals surface area (Å²) in [5, 5.41) is 0.458. The Labute approximate surface area is 185 Å². The molecule has 8 heteroatoms. The number of hydrogen-bond donors (Lipinski definition) is 0. The molecule has 0 saturated heterocycles. The number of furan rings is 1. The Morgan fingerprint density at radius 1 is 1.06 bits per heavy atom. The maximum absolute atomic E-state index is 13.2. The highest BCUT2D eigenvalue weighted by molar-refractivity contribution is 7.91. The lowest BCUT2D eigenvalue weighted by molar-refractivity contribution is -0.116. The van der Waals surface area contributed by atoms with Gasteiger partial charge in [0.15, 0.2) is 15.0 Å². The molecule has 0 saturated carbocycles. The average molecular weight is 455 g/mol. The SMILES string of the molecule is Cc1ccc2sc(N(Cc3ccco3)C(=O)CS(=O)(=O)Cc3ccccc3)nc2c1C. The zero-order valence-corrected chi connectivity index (χ0v) is 18.9. The first-order valence-corrected chi connectivity index (χ1v) is 12.4. The first-order valence-electron chi connectivity index (χ1n) is 9.76. The molecule has 6 nitrogen and oxygen atoms in total. The van der Waals surface area contributed by atoms with Gasteiger partial charge in [-0.05, 0) is 48.7 Å². The van der Waals surface area contributed by atoms with Gasteiger partial charge in [-0.2, -0.15) is 0 Å². The number of aromatic nitrogens is 1. The van der Waals surface area contributed by atoms with Crippen LogP contribution in [0.3, 0.4) is 0 Å². The molecule has 160 valence electrons. The van der Waals surface area contributed by atoms with E-state index < -0.39 is 21.5 Å². The number of hydrogen-bond acceptors (Lipinski definition) is 6. The van der Waals surface area contributed by atoms with Gasteiger partial charge in [-0.15, -0.1) is 0 Å². The second kappa shape index (κ2) is 8.64. The van der Waals surface area contributed by atoms with E-state index in [1.807, 2.05) is 32.0 Å². The normalized spacial score (nSPS) is 11.7. The van der Waals surface area contributed by atoms with E-state index in [9.17, 15) is 13.2 Å². The monoisotopic (exact) mass is 454 g/mol. The van der Waals surface area contributed by atoms with Gasteiger partial charge in [-0.3, -0.25) is 9.69 Å². The molecular weight excluding hydrogens is 432 g/mol. The van der Waals surface area contributed by atoms with Gasteiger partial charge in [0.1, 0.15) is 11.5 Å². The Kier molecular flexibility index (Phi) is 5.93. The number of nitrogens with zero attached hydrogens (tertiary/aromatic N) is 2. The fourth-order valence-electron chi connectivity index (χ4n) is 3.30. The Hall–Kier alpha value is -2.97. The van der Waals surface area contributed by atoms with E-state index in [2.05, 4.69) is 4.98 Å². The highest BCUT2D eigenvalue weighted by Gasteiger charge is 2.27. The van der Waals surface area contributed by atoms with Gasteiger partial charge in [0.25, 0.3) is 0 Å². The number of aryl methyl sites for hydroxylation is 2. The van der Waals surface area contributed by atoms with Crippen molar-refractivity contribution in [2.24, 2.45) is 0 Å². The minimum atomic E-state index is -3.66. The summed E-state index contributed by atoms with van der Waals surface area (Å²) in [5.74, 6) is -0.759. The third-order valence-electron chi connectivity index (χ3n) is 5.07. The molecule has 31 heavy (non-hydrogen) atoms. The fraction of sp³-hybridized carbons (Fsp3) is 0.217. The molecule has 0 aliphatic heterocycles. The molecule has 0 spiro atoms. The third kappa shape index (κ3) is 4.86. The van der Waals surface area contributed by atoms with Crippen molar-refractivity contribution < 1.29 is 17.6 Å². The maximum Gasteiger partial charge on any atom is 0.244 e. The van der Waals surface area contributed by atoms with Crippen molar-refractivity contribution in [3.05, 3.63) is 83.3 Å². The highest BCUT2D eigenvalue weighted by Crippen LogP contribution is 2.33. The van der Waals surface area contributed by atoms with Crippen molar-refractivity contribution in [3.63, 3.8) is 0 Å². The van der Waals surface area contributed by atoms with Crippen molar-refractivity contribution in [3.8, 4) is 0 Å². The number of amides is 1. The largest absolute Gasteiger partial charge is 0.467 e. The summed E-state index contributed by atoms with van der Waals surface area (Å²) in [4.78, 5) is 19.3. The van der Waals surface area contributed by atoms with Gasteiger partial charge in [-0.1, -0.05) is 47.7 Å². The number of carbonyl (C=O) groups is 1. The van der Waals surface area contributed by atoms with Crippen LogP contribution in [0.15, 0.2) is 65.3 Å². The van der Waals surface area contributed by atoms with Crippen LogP contribution in [0, 0.1) is 13.8 Å². The number of fused-ring (bicyclic) bond motifs is 1. The lowest BCUT2D eigenvalue weighted by Crippen LogP contribution is -2.35. The van der Waals surface area contributed by atoms with Crippen LogP contribution >= 0.6 is 11.3 Å². The maximum atomic E-state index is 13.2. The number of thiazole rings is 1. The van der Waals surface area contributed by atoms with E-state index in [1.54, 1.807) is 36.4 Å². The van der Waals surface area contributed by atoms with Crippen molar-refractivity contribution in [2.45, 2.75) is 26.1 Å². The minimum Gasteiger partial charge on any atom is -0.467 e. The molecule has 0 aliphatic carbocycles. The van der Waals surface area contributed by atoms with E-state index in [-0.39, 0.29) is 12.3 Å². The van der Waals surface area contributed by atoms with E-state index in [0.717, 1.165) is 21.3 Å². The zero-order valence-electron chi connectivity index (χ0n) is 17.2. The van der Waals surface area contributed by atoms with Crippen LogP contribution in [0.1, 0.15) is 22.5 Å². The van der Waals surface area contributed by atoms with Gasteiger partial charge in [-0.25, -0.2) is 13.4 Å². The molecule has 1 amide bonds. The van der Waals surface area contributed by atoms with Crippen molar-refractivity contribution >= 4 is 42.4 Å². The number of anilines is 1. The van der Waals surface area contributed by atoms with E-state index in [4.69, 9.17) is 4.42 Å². The molecule has 0 unspecified atom stereocenters. The third-order valence-corrected chi connectivity index (χ3v) is 7.58. The topological polar surface area (TPSA) is 80.5 Å². The lowest BCUT2D eigenvalue weighted by atomic mass is 10.1. The van der Waals surface area contributed by atoms with Crippen LogP contribution < -0.4 is 4.90 Å². The Balaban J connectivity index is 1.65. The molecule has 0 N–H and O–H groups in total. The van der Waals surface area contributed by atoms with Gasteiger partial charge in [0, 0.05) is 0 Å². The summed E-state index contributed by atoms with van der Waals surface area (Å²) in [6.07, 6.45) is 1.52. The van der Waals surface area contributed by atoms with Gasteiger partial charge >= 0.3 is 0 Å². The molecule has 0 aliphatic rings. The first kappa shape index (κ1) is 21.3. The molecule has 2 aromatic carbocycles. The molecular formula is C23H22N2O4S2. The van der Waals surface area contributed by atoms with E-state index in [1.165, 1.54) is 22.5 Å². The lowest BCUT2D eigenvalue weighted by Gasteiger charge is -2.18. The minimum absolute atomic E-state index is 0.116. The van der Waals surface area contributed by atoms with Gasteiger partial charge < -0.3 is 4.42 Å².